The molecule has 0 radical (unpaired) electrons. The Balaban J connectivity index is 1.19. The van der Waals surface area contributed by atoms with E-state index in [0.29, 0.717) is 16.7 Å². The molecule has 1 aliphatic rings. The van der Waals surface area contributed by atoms with E-state index in [4.69, 9.17) is 4.98 Å². The van der Waals surface area contributed by atoms with Crippen molar-refractivity contribution in [3.63, 3.8) is 0 Å². The first-order chi connectivity index (χ1) is 25.6. The maximum atomic E-state index is 14.5. The van der Waals surface area contributed by atoms with Gasteiger partial charge < -0.3 is 0 Å². The van der Waals surface area contributed by atoms with Gasteiger partial charge in [0, 0.05) is 5.56 Å². The van der Waals surface area contributed by atoms with E-state index in [2.05, 4.69) is 109 Å². The molecule has 0 spiro atoms. The molecule has 4 nitrogen and oxygen atoms in total. The smallest absolute Gasteiger partial charge is 0.210 e. The van der Waals surface area contributed by atoms with Gasteiger partial charge in [0.15, 0.2) is 0 Å². The number of hydrogen-bond donors (Lipinski definition) is 0. The van der Waals surface area contributed by atoms with Gasteiger partial charge in [-0.05, 0) is 95.7 Å². The zero-order valence-corrected chi connectivity index (χ0v) is 28.6. The molecule has 0 saturated heterocycles. The molecule has 0 bridgehead atoms. The van der Waals surface area contributed by atoms with E-state index in [1.807, 2.05) is 53.1 Å². The minimum absolute atomic E-state index is 0.276. The van der Waals surface area contributed by atoms with Crippen molar-refractivity contribution in [3.05, 3.63) is 170 Å². The molecule has 0 N–H and O–H groups in total. The van der Waals surface area contributed by atoms with Crippen LogP contribution in [0, 0.1) is 0 Å². The maximum Gasteiger partial charge on any atom is 0.210 e. The number of imidazole rings is 1. The van der Waals surface area contributed by atoms with Gasteiger partial charge in [0.25, 0.3) is 0 Å². The number of nitrogens with zero attached hydrogens (tertiary/aromatic N) is 2. The predicted octanol–water partition coefficient (Wildman–Crippen LogP) is 11.8. The van der Waals surface area contributed by atoms with Gasteiger partial charge >= 0.3 is 0 Å². The highest BCUT2D eigenvalue weighted by Gasteiger charge is 2.34. The van der Waals surface area contributed by atoms with Gasteiger partial charge in [-0.25, -0.2) is 13.4 Å². The maximum absolute atomic E-state index is 14.5. The minimum Gasteiger partial charge on any atom is -0.290 e. The van der Waals surface area contributed by atoms with Crippen molar-refractivity contribution < 1.29 is 8.42 Å². The zero-order valence-electron chi connectivity index (χ0n) is 27.8. The molecule has 0 fully saturated rings. The summed E-state index contributed by atoms with van der Waals surface area (Å²) >= 11 is 0. The van der Waals surface area contributed by atoms with Crippen LogP contribution < -0.4 is 0 Å². The molecule has 11 rings (SSSR count). The molecule has 0 aliphatic carbocycles. The Labute approximate surface area is 299 Å². The Morgan fingerprint density at radius 3 is 1.67 bits per heavy atom. The van der Waals surface area contributed by atoms with Crippen molar-refractivity contribution in [3.8, 4) is 39.3 Å². The minimum atomic E-state index is -3.86. The lowest BCUT2D eigenvalue weighted by molar-refractivity contribution is 0.594. The lowest BCUT2D eigenvalue weighted by Crippen LogP contribution is -2.15. The van der Waals surface area contributed by atoms with Crippen LogP contribution >= 0.6 is 0 Å². The fourth-order valence-electron chi connectivity index (χ4n) is 8.42. The average molecular weight is 685 g/mol. The molecule has 244 valence electrons. The third kappa shape index (κ3) is 4.02. The van der Waals surface area contributed by atoms with E-state index >= 15 is 0 Å². The van der Waals surface area contributed by atoms with Crippen LogP contribution in [0.4, 0.5) is 0 Å². The quantitative estimate of drug-likeness (QED) is 0.137. The molecular weight excluding hydrogens is 657 g/mol. The van der Waals surface area contributed by atoms with E-state index in [9.17, 15) is 8.42 Å². The number of sulfone groups is 1. The van der Waals surface area contributed by atoms with Crippen molar-refractivity contribution in [2.24, 2.45) is 0 Å². The van der Waals surface area contributed by atoms with Crippen LogP contribution in [0.5, 0.6) is 0 Å². The highest BCUT2D eigenvalue weighted by molar-refractivity contribution is 7.92. The topological polar surface area (TPSA) is 52.0 Å². The van der Waals surface area contributed by atoms with Crippen LogP contribution in [0.3, 0.4) is 0 Å². The second kappa shape index (κ2) is 10.7. The first kappa shape index (κ1) is 29.2. The molecule has 0 unspecified atom stereocenters. The van der Waals surface area contributed by atoms with Crippen molar-refractivity contribution in [1.29, 1.82) is 0 Å². The highest BCUT2D eigenvalue weighted by Crippen LogP contribution is 2.47. The summed E-state index contributed by atoms with van der Waals surface area (Å²) in [6.07, 6.45) is 0. The molecule has 2 heterocycles. The van der Waals surface area contributed by atoms with Gasteiger partial charge in [0.1, 0.15) is 5.82 Å². The Hall–Kier alpha value is -6.56. The first-order valence-corrected chi connectivity index (χ1v) is 18.9. The SMILES string of the molecule is O=S1(=O)c2cc(-c3c4ccccc4c(-c4ccc5ccc6ccccc6c5c4)c4ccccc34)ccc2-n2c(-c3ccccc3)nc3cccc1c32. The summed E-state index contributed by atoms with van der Waals surface area (Å²) < 4.78 is 31.1. The summed E-state index contributed by atoms with van der Waals surface area (Å²) in [5.41, 5.74) is 6.97. The van der Waals surface area contributed by atoms with Gasteiger partial charge in [-0.15, -0.1) is 0 Å². The number of fused-ring (bicyclic) bond motifs is 7. The van der Waals surface area contributed by atoms with Crippen molar-refractivity contribution in [2.45, 2.75) is 9.79 Å². The molecular formula is C47H28N2O2S. The second-order valence-electron chi connectivity index (χ2n) is 13.5. The summed E-state index contributed by atoms with van der Waals surface area (Å²) in [6, 6.07) is 57.9. The molecule has 0 saturated carbocycles. The lowest BCUT2D eigenvalue weighted by atomic mass is 9.85. The van der Waals surface area contributed by atoms with Gasteiger partial charge in [0.2, 0.25) is 9.84 Å². The largest absolute Gasteiger partial charge is 0.290 e. The van der Waals surface area contributed by atoms with Gasteiger partial charge in [-0.3, -0.25) is 4.57 Å². The molecule has 9 aromatic carbocycles. The number of aromatic nitrogens is 2. The Kier molecular flexibility index (Phi) is 6.02. The normalized spacial score (nSPS) is 13.3. The summed E-state index contributed by atoms with van der Waals surface area (Å²) in [6.45, 7) is 0. The standard InChI is InChI=1S/C47H28N2O2S/c50-52(51)42-20-10-19-40-46(42)49(47(48-40)31-12-2-1-3-13-31)41-26-25-33(28-43(41)52)45-37-17-8-6-15-35(37)44(36-16-7-9-18-38(36)45)32-24-23-30-22-21-29-11-4-5-14-34(29)39(30)27-32/h1-28H. The molecule has 0 atom stereocenters. The van der Waals surface area contributed by atoms with Crippen LogP contribution in [0.25, 0.3) is 93.5 Å². The summed E-state index contributed by atoms with van der Waals surface area (Å²) in [5.74, 6) is 0.718. The number of para-hydroxylation sites is 1. The molecule has 1 aliphatic heterocycles. The molecule has 10 aromatic rings. The van der Waals surface area contributed by atoms with Crippen molar-refractivity contribution in [1.82, 2.24) is 9.55 Å². The lowest BCUT2D eigenvalue weighted by Gasteiger charge is -2.23. The van der Waals surface area contributed by atoms with Crippen LogP contribution in [0.1, 0.15) is 0 Å². The first-order valence-electron chi connectivity index (χ1n) is 17.4. The van der Waals surface area contributed by atoms with E-state index < -0.39 is 9.84 Å². The second-order valence-corrected chi connectivity index (χ2v) is 15.4. The fourth-order valence-corrected chi connectivity index (χ4v) is 10.1. The van der Waals surface area contributed by atoms with Crippen LogP contribution in [0.2, 0.25) is 0 Å². The van der Waals surface area contributed by atoms with Crippen molar-refractivity contribution in [2.75, 3.05) is 0 Å². The van der Waals surface area contributed by atoms with Gasteiger partial charge in [-0.1, -0.05) is 140 Å². The van der Waals surface area contributed by atoms with Crippen LogP contribution in [-0.4, -0.2) is 18.0 Å². The Morgan fingerprint density at radius 1 is 0.423 bits per heavy atom. The number of benzene rings is 9. The van der Waals surface area contributed by atoms with E-state index in [1.54, 1.807) is 12.1 Å². The molecule has 0 amide bonds. The van der Waals surface area contributed by atoms with Gasteiger partial charge in [0.05, 0.1) is 26.5 Å². The summed E-state index contributed by atoms with van der Waals surface area (Å²) in [4.78, 5) is 5.51. The number of rotatable bonds is 3. The van der Waals surface area contributed by atoms with E-state index in [1.165, 1.54) is 21.5 Å². The fraction of sp³-hybridized carbons (Fsp3) is 0. The van der Waals surface area contributed by atoms with Crippen LogP contribution in [-0.2, 0) is 9.84 Å². The zero-order chi connectivity index (χ0) is 34.6. The predicted molar refractivity (Wildman–Crippen MR) is 213 cm³/mol. The summed E-state index contributed by atoms with van der Waals surface area (Å²) in [5, 5.41) is 9.24. The molecule has 1 aromatic heterocycles. The van der Waals surface area contributed by atoms with E-state index in [0.717, 1.165) is 55.2 Å². The molecule has 52 heavy (non-hydrogen) atoms. The number of hydrogen-bond acceptors (Lipinski definition) is 3. The average Bonchev–Trinajstić information content (AvgIpc) is 3.59. The third-order valence-corrected chi connectivity index (χ3v) is 12.5. The summed E-state index contributed by atoms with van der Waals surface area (Å²) in [7, 11) is -3.86. The Morgan fingerprint density at radius 2 is 0.981 bits per heavy atom. The van der Waals surface area contributed by atoms with E-state index in [-0.39, 0.29) is 9.79 Å². The van der Waals surface area contributed by atoms with Crippen molar-refractivity contribution >= 4 is 64.0 Å². The molecule has 5 heteroatoms. The Bertz CT molecular complexity index is 3200. The van der Waals surface area contributed by atoms with Crippen LogP contribution in [0.15, 0.2) is 180 Å². The third-order valence-electron chi connectivity index (χ3n) is 10.7. The highest BCUT2D eigenvalue weighted by atomic mass is 32.2. The van der Waals surface area contributed by atoms with Gasteiger partial charge in [-0.2, -0.15) is 0 Å². The monoisotopic (exact) mass is 684 g/mol.